The molecule has 2 saturated heterocycles. The lowest BCUT2D eigenvalue weighted by Gasteiger charge is -2.37. The van der Waals surface area contributed by atoms with Gasteiger partial charge in [0.1, 0.15) is 0 Å². The van der Waals surface area contributed by atoms with Gasteiger partial charge in [-0.05, 0) is 45.8 Å². The van der Waals surface area contributed by atoms with Gasteiger partial charge in [0.25, 0.3) is 0 Å². The van der Waals surface area contributed by atoms with Gasteiger partial charge in [-0.1, -0.05) is 20.3 Å². The number of carbonyl (C=O) groups excluding carboxylic acids is 1. The van der Waals surface area contributed by atoms with Crippen LogP contribution in [0, 0.1) is 0 Å². The molecule has 4 nitrogen and oxygen atoms in total. The molecule has 0 aromatic carbocycles. The van der Waals surface area contributed by atoms with Gasteiger partial charge in [-0.3, -0.25) is 10.1 Å². The fourth-order valence-electron chi connectivity index (χ4n) is 3.23. The monoisotopic (exact) mass is 253 g/mol. The fourth-order valence-corrected chi connectivity index (χ4v) is 3.23. The highest BCUT2D eigenvalue weighted by Gasteiger charge is 2.41. The van der Waals surface area contributed by atoms with Gasteiger partial charge in [-0.2, -0.15) is 0 Å². The normalized spacial score (nSPS) is 31.3. The number of piperidine rings is 1. The predicted molar refractivity (Wildman–Crippen MR) is 73.3 cm³/mol. The highest BCUT2D eigenvalue weighted by atomic mass is 16.2. The summed E-state index contributed by atoms with van der Waals surface area (Å²) in [6.07, 6.45) is 5.57. The molecule has 0 spiro atoms. The lowest BCUT2D eigenvalue weighted by Crippen LogP contribution is -2.49. The summed E-state index contributed by atoms with van der Waals surface area (Å²) in [6.45, 7) is 6.54. The Balaban J connectivity index is 2.02. The lowest BCUT2D eigenvalue weighted by atomic mass is 10.0. The maximum Gasteiger partial charge on any atom is 0.241 e. The molecule has 2 aliphatic rings. The molecule has 2 fully saturated rings. The van der Waals surface area contributed by atoms with Crippen LogP contribution in [0.1, 0.15) is 46.0 Å². The van der Waals surface area contributed by atoms with E-state index in [0.717, 1.165) is 45.2 Å². The summed E-state index contributed by atoms with van der Waals surface area (Å²) in [7, 11) is 2.16. The van der Waals surface area contributed by atoms with Gasteiger partial charge in [0.2, 0.25) is 5.91 Å². The third kappa shape index (κ3) is 2.69. The molecule has 1 amide bonds. The molecule has 2 atom stereocenters. The zero-order valence-corrected chi connectivity index (χ0v) is 12.0. The van der Waals surface area contributed by atoms with Gasteiger partial charge in [0.05, 0.1) is 12.2 Å². The van der Waals surface area contributed by atoms with Crippen molar-refractivity contribution >= 4 is 5.91 Å². The molecule has 0 aliphatic carbocycles. The zero-order chi connectivity index (χ0) is 13.1. The number of likely N-dealkylation sites (tertiary alicyclic amines) is 1. The van der Waals surface area contributed by atoms with Gasteiger partial charge < -0.3 is 9.80 Å². The molecule has 4 heteroatoms. The third-order valence-electron chi connectivity index (χ3n) is 4.33. The van der Waals surface area contributed by atoms with Crippen LogP contribution in [-0.4, -0.2) is 54.1 Å². The Hall–Kier alpha value is -0.610. The quantitative estimate of drug-likeness (QED) is 0.823. The van der Waals surface area contributed by atoms with Crippen LogP contribution in [0.4, 0.5) is 0 Å². The fraction of sp³-hybridized carbons (Fsp3) is 0.929. The van der Waals surface area contributed by atoms with Gasteiger partial charge in [0, 0.05) is 6.04 Å². The Bertz CT molecular complexity index is 287. The zero-order valence-electron chi connectivity index (χ0n) is 12.0. The largest absolute Gasteiger partial charge is 0.323 e. The molecule has 2 rings (SSSR count). The minimum Gasteiger partial charge on any atom is -0.323 e. The Labute approximate surface area is 111 Å². The van der Waals surface area contributed by atoms with E-state index in [9.17, 15) is 4.79 Å². The Kier molecular flexibility index (Phi) is 4.62. The first-order valence-corrected chi connectivity index (χ1v) is 7.44. The Morgan fingerprint density at radius 2 is 1.94 bits per heavy atom. The molecule has 1 N–H and O–H groups in total. The van der Waals surface area contributed by atoms with Crippen LogP contribution < -0.4 is 5.32 Å². The second-order valence-electron chi connectivity index (χ2n) is 5.71. The van der Waals surface area contributed by atoms with Gasteiger partial charge in [-0.25, -0.2) is 0 Å². The van der Waals surface area contributed by atoms with Crippen LogP contribution in [0.2, 0.25) is 0 Å². The average molecular weight is 253 g/mol. The average Bonchev–Trinajstić information content (AvgIpc) is 2.68. The molecule has 0 aromatic rings. The first-order chi connectivity index (χ1) is 8.67. The number of rotatable bonds is 4. The van der Waals surface area contributed by atoms with Crippen LogP contribution in [0.15, 0.2) is 0 Å². The van der Waals surface area contributed by atoms with Gasteiger partial charge >= 0.3 is 0 Å². The number of hydrogen-bond acceptors (Lipinski definition) is 3. The van der Waals surface area contributed by atoms with E-state index in [2.05, 4.69) is 36.0 Å². The van der Waals surface area contributed by atoms with E-state index in [1.54, 1.807) is 0 Å². The topological polar surface area (TPSA) is 35.6 Å². The van der Waals surface area contributed by atoms with Crippen LogP contribution in [0.5, 0.6) is 0 Å². The molecule has 0 saturated carbocycles. The number of amides is 1. The van der Waals surface area contributed by atoms with E-state index in [4.69, 9.17) is 0 Å². The third-order valence-corrected chi connectivity index (χ3v) is 4.33. The van der Waals surface area contributed by atoms with Gasteiger partial charge in [-0.15, -0.1) is 0 Å². The summed E-state index contributed by atoms with van der Waals surface area (Å²) in [5, 5.41) is 3.51. The van der Waals surface area contributed by atoms with Crippen LogP contribution >= 0.6 is 0 Å². The van der Waals surface area contributed by atoms with Crippen molar-refractivity contribution in [3.05, 3.63) is 0 Å². The number of carbonyl (C=O) groups is 1. The minimum atomic E-state index is 0.0691. The lowest BCUT2D eigenvalue weighted by molar-refractivity contribution is -0.133. The molecular formula is C14H27N3O. The second kappa shape index (κ2) is 6.02. The molecule has 104 valence electrons. The maximum absolute atomic E-state index is 12.5. The van der Waals surface area contributed by atoms with E-state index >= 15 is 0 Å². The number of nitrogens with one attached hydrogen (secondary N) is 1. The van der Waals surface area contributed by atoms with Crippen molar-refractivity contribution in [3.63, 3.8) is 0 Å². The van der Waals surface area contributed by atoms with Crippen molar-refractivity contribution < 1.29 is 4.79 Å². The summed E-state index contributed by atoms with van der Waals surface area (Å²) in [5.74, 6) is 0.346. The summed E-state index contributed by atoms with van der Waals surface area (Å²) in [5.41, 5.74) is 0. The smallest absolute Gasteiger partial charge is 0.241 e. The van der Waals surface area contributed by atoms with Crippen molar-refractivity contribution in [2.75, 3.05) is 20.1 Å². The SMILES string of the molecule is CCCC1NC(CC)N(C2CCN(C)CC2)C1=O. The molecule has 0 aromatic heterocycles. The summed E-state index contributed by atoms with van der Waals surface area (Å²) in [4.78, 5) is 17.0. The maximum atomic E-state index is 12.5. The summed E-state index contributed by atoms with van der Waals surface area (Å²) in [6, 6.07) is 0.521. The van der Waals surface area contributed by atoms with Crippen molar-refractivity contribution in [1.29, 1.82) is 0 Å². The van der Waals surface area contributed by atoms with Crippen molar-refractivity contribution in [2.24, 2.45) is 0 Å². The Morgan fingerprint density at radius 3 is 2.50 bits per heavy atom. The van der Waals surface area contributed by atoms with Crippen molar-refractivity contribution in [2.45, 2.75) is 64.2 Å². The molecular weight excluding hydrogens is 226 g/mol. The van der Waals surface area contributed by atoms with E-state index < -0.39 is 0 Å². The van der Waals surface area contributed by atoms with Gasteiger partial charge in [0.15, 0.2) is 0 Å². The highest BCUT2D eigenvalue weighted by Crippen LogP contribution is 2.25. The number of hydrogen-bond donors (Lipinski definition) is 1. The standard InChI is InChI=1S/C14H27N3O/c1-4-6-12-14(18)17(13(5-2)15-12)11-7-9-16(3)10-8-11/h11-13,15H,4-10H2,1-3H3. The molecule has 18 heavy (non-hydrogen) atoms. The minimum absolute atomic E-state index is 0.0691. The number of nitrogens with zero attached hydrogens (tertiary/aromatic N) is 2. The van der Waals surface area contributed by atoms with Crippen LogP contribution in [0.3, 0.4) is 0 Å². The van der Waals surface area contributed by atoms with E-state index in [1.165, 1.54) is 0 Å². The van der Waals surface area contributed by atoms with Crippen LogP contribution in [-0.2, 0) is 4.79 Å². The van der Waals surface area contributed by atoms with Crippen molar-refractivity contribution in [1.82, 2.24) is 15.1 Å². The molecule has 0 bridgehead atoms. The Morgan fingerprint density at radius 1 is 1.28 bits per heavy atom. The first kappa shape index (κ1) is 13.8. The predicted octanol–water partition coefficient (Wildman–Crippen LogP) is 1.42. The van der Waals surface area contributed by atoms with Crippen molar-refractivity contribution in [3.8, 4) is 0 Å². The molecule has 2 unspecified atom stereocenters. The first-order valence-electron chi connectivity index (χ1n) is 7.44. The molecule has 2 aliphatic heterocycles. The summed E-state index contributed by atoms with van der Waals surface area (Å²) >= 11 is 0. The molecule has 0 radical (unpaired) electrons. The molecule has 2 heterocycles. The summed E-state index contributed by atoms with van der Waals surface area (Å²) < 4.78 is 0. The van der Waals surface area contributed by atoms with Crippen LogP contribution in [0.25, 0.3) is 0 Å². The second-order valence-corrected chi connectivity index (χ2v) is 5.71. The van der Waals surface area contributed by atoms with E-state index in [0.29, 0.717) is 11.9 Å². The van der Waals surface area contributed by atoms with E-state index in [-0.39, 0.29) is 12.2 Å². The highest BCUT2D eigenvalue weighted by molar-refractivity contribution is 5.84. The van der Waals surface area contributed by atoms with E-state index in [1.807, 2.05) is 0 Å².